The first kappa shape index (κ1) is 19.8. The minimum Gasteiger partial charge on any atom is -0.492 e. The molecule has 0 bridgehead atoms. The van der Waals surface area contributed by atoms with Crippen molar-refractivity contribution in [3.8, 4) is 5.75 Å². The Morgan fingerprint density at radius 3 is 2.38 bits per heavy atom. The largest absolute Gasteiger partial charge is 0.492 e. The molecular weight excluding hydrogens is 398 g/mol. The van der Waals surface area contributed by atoms with Gasteiger partial charge in [-0.25, -0.2) is 0 Å². The van der Waals surface area contributed by atoms with Crippen molar-refractivity contribution in [2.75, 3.05) is 11.6 Å². The molecule has 1 amide bonds. The Kier molecular flexibility index (Phi) is 5.30. The van der Waals surface area contributed by atoms with E-state index >= 15 is 0 Å². The molecule has 0 fully saturated rings. The second-order valence-corrected chi connectivity index (χ2v) is 7.65. The van der Waals surface area contributed by atoms with Crippen LogP contribution in [0, 0.1) is 0 Å². The number of hydrogen-bond donors (Lipinski definition) is 0. The third-order valence-electron chi connectivity index (χ3n) is 5.53. The molecule has 0 aliphatic carbocycles. The lowest BCUT2D eigenvalue weighted by Crippen LogP contribution is -2.21. The van der Waals surface area contributed by atoms with E-state index in [4.69, 9.17) is 4.74 Å². The number of ether oxygens (including phenoxy) is 1. The molecule has 2 heterocycles. The van der Waals surface area contributed by atoms with E-state index in [1.54, 1.807) is 0 Å². The van der Waals surface area contributed by atoms with Crippen molar-refractivity contribution in [2.24, 2.45) is 5.10 Å². The van der Waals surface area contributed by atoms with E-state index in [9.17, 15) is 4.79 Å². The monoisotopic (exact) mass is 421 g/mol. The van der Waals surface area contributed by atoms with Crippen LogP contribution in [0.2, 0.25) is 0 Å². The lowest BCUT2D eigenvalue weighted by atomic mass is 10.1. The van der Waals surface area contributed by atoms with Crippen molar-refractivity contribution in [1.29, 1.82) is 0 Å². The average molecular weight is 422 g/mol. The van der Waals surface area contributed by atoms with Crippen LogP contribution in [0.3, 0.4) is 0 Å². The molecule has 0 saturated carbocycles. The lowest BCUT2D eigenvalue weighted by molar-refractivity contribution is -0.114. The van der Waals surface area contributed by atoms with Crippen LogP contribution in [0.5, 0.6) is 5.75 Å². The van der Waals surface area contributed by atoms with Crippen molar-refractivity contribution in [1.82, 2.24) is 4.57 Å². The highest BCUT2D eigenvalue weighted by Crippen LogP contribution is 2.28. The summed E-state index contributed by atoms with van der Waals surface area (Å²) in [7, 11) is 0. The zero-order chi connectivity index (χ0) is 21.9. The molecular formula is C27H23N3O2. The Labute approximate surface area is 186 Å². The molecule has 0 unspecified atom stereocenters. The summed E-state index contributed by atoms with van der Waals surface area (Å²) < 4.78 is 8.05. The van der Waals surface area contributed by atoms with Crippen LogP contribution in [0.4, 0.5) is 5.69 Å². The second kappa shape index (κ2) is 8.55. The maximum absolute atomic E-state index is 13.1. The van der Waals surface area contributed by atoms with Crippen molar-refractivity contribution in [2.45, 2.75) is 13.5 Å². The molecule has 5 nitrogen and oxygen atoms in total. The van der Waals surface area contributed by atoms with Gasteiger partial charge in [0.25, 0.3) is 5.91 Å². The maximum atomic E-state index is 13.1. The van der Waals surface area contributed by atoms with Gasteiger partial charge in [-0.3, -0.25) is 4.79 Å². The fourth-order valence-electron chi connectivity index (χ4n) is 3.94. The molecule has 5 rings (SSSR count). The molecule has 0 spiro atoms. The van der Waals surface area contributed by atoms with Crippen LogP contribution in [0.15, 0.2) is 102 Å². The number of fused-ring (bicyclic) bond motifs is 1. The number of hydrogen-bond acceptors (Lipinski definition) is 3. The first-order valence-electron chi connectivity index (χ1n) is 10.6. The van der Waals surface area contributed by atoms with Gasteiger partial charge in [-0.1, -0.05) is 54.6 Å². The highest BCUT2D eigenvalue weighted by atomic mass is 16.5. The van der Waals surface area contributed by atoms with Crippen molar-refractivity contribution in [3.63, 3.8) is 0 Å². The van der Waals surface area contributed by atoms with Crippen LogP contribution in [0.25, 0.3) is 17.0 Å². The zero-order valence-electron chi connectivity index (χ0n) is 17.8. The quantitative estimate of drug-likeness (QED) is 0.385. The van der Waals surface area contributed by atoms with E-state index in [2.05, 4.69) is 28.0 Å². The summed E-state index contributed by atoms with van der Waals surface area (Å²) in [4.78, 5) is 13.1. The number of aromatic nitrogens is 1. The predicted molar refractivity (Wildman–Crippen MR) is 129 cm³/mol. The Bertz CT molecular complexity index is 1320. The van der Waals surface area contributed by atoms with Gasteiger partial charge >= 0.3 is 0 Å². The van der Waals surface area contributed by atoms with Crippen LogP contribution in [-0.4, -0.2) is 22.8 Å². The van der Waals surface area contributed by atoms with E-state index in [1.807, 2.05) is 85.8 Å². The van der Waals surface area contributed by atoms with Crippen molar-refractivity contribution >= 4 is 34.3 Å². The molecule has 5 heteroatoms. The normalized spacial score (nSPS) is 14.9. The molecule has 0 radical (unpaired) electrons. The number of amides is 1. The minimum absolute atomic E-state index is 0.113. The van der Waals surface area contributed by atoms with Gasteiger partial charge in [-0.05, 0) is 43.3 Å². The number of rotatable bonds is 6. The topological polar surface area (TPSA) is 46.8 Å². The number of para-hydroxylation sites is 3. The average Bonchev–Trinajstić information content (AvgIpc) is 3.33. The Balaban J connectivity index is 1.43. The SMILES string of the molecule is CC1=NN(c2ccccc2)C(=O)/C1=C\c1cn(CCOc2ccccc2)c2ccccc12. The van der Waals surface area contributed by atoms with Crippen LogP contribution in [0.1, 0.15) is 12.5 Å². The molecule has 3 aromatic carbocycles. The smallest absolute Gasteiger partial charge is 0.280 e. The highest BCUT2D eigenvalue weighted by Gasteiger charge is 2.28. The Hall–Kier alpha value is -4.12. The summed E-state index contributed by atoms with van der Waals surface area (Å²) in [6.07, 6.45) is 4.03. The number of hydrazone groups is 1. The van der Waals surface area contributed by atoms with Crippen LogP contribution < -0.4 is 9.75 Å². The number of carbonyl (C=O) groups excluding carboxylic acids is 1. The Morgan fingerprint density at radius 2 is 1.59 bits per heavy atom. The van der Waals surface area contributed by atoms with Crippen LogP contribution >= 0.6 is 0 Å². The summed E-state index contributed by atoms with van der Waals surface area (Å²) in [5.41, 5.74) is 4.19. The number of nitrogens with zero attached hydrogens (tertiary/aromatic N) is 3. The maximum Gasteiger partial charge on any atom is 0.280 e. The van der Waals surface area contributed by atoms with E-state index in [0.29, 0.717) is 24.4 Å². The van der Waals surface area contributed by atoms with E-state index in [0.717, 1.165) is 27.9 Å². The Morgan fingerprint density at radius 1 is 0.906 bits per heavy atom. The van der Waals surface area contributed by atoms with E-state index < -0.39 is 0 Å². The van der Waals surface area contributed by atoms with Gasteiger partial charge in [0, 0.05) is 22.7 Å². The molecule has 32 heavy (non-hydrogen) atoms. The van der Waals surface area contributed by atoms with Gasteiger partial charge in [0.15, 0.2) is 0 Å². The third kappa shape index (κ3) is 3.81. The molecule has 1 aromatic heterocycles. The molecule has 4 aromatic rings. The van der Waals surface area contributed by atoms with Crippen molar-refractivity contribution in [3.05, 3.63) is 102 Å². The van der Waals surface area contributed by atoms with E-state index in [1.165, 1.54) is 5.01 Å². The molecule has 1 aliphatic heterocycles. The standard InChI is InChI=1S/C27H23N3O2/c1-20-25(27(31)30(28-20)22-10-4-2-5-11-22)18-21-19-29(26-15-9-8-14-24(21)26)16-17-32-23-12-6-3-7-13-23/h2-15,18-19H,16-17H2,1H3/b25-18-. The zero-order valence-corrected chi connectivity index (χ0v) is 17.8. The lowest BCUT2D eigenvalue weighted by Gasteiger charge is -2.10. The number of benzene rings is 3. The number of carbonyl (C=O) groups is 1. The first-order chi connectivity index (χ1) is 15.7. The van der Waals surface area contributed by atoms with Gasteiger partial charge in [0.1, 0.15) is 12.4 Å². The highest BCUT2D eigenvalue weighted by molar-refractivity contribution is 6.32. The summed E-state index contributed by atoms with van der Waals surface area (Å²) in [6, 6.07) is 27.5. The molecule has 0 atom stereocenters. The molecule has 1 aliphatic rings. The summed E-state index contributed by atoms with van der Waals surface area (Å²) in [5, 5.41) is 7.05. The summed E-state index contributed by atoms with van der Waals surface area (Å²) >= 11 is 0. The third-order valence-corrected chi connectivity index (χ3v) is 5.53. The fraction of sp³-hybridized carbons (Fsp3) is 0.111. The number of anilines is 1. The molecule has 0 N–H and O–H groups in total. The van der Waals surface area contributed by atoms with Gasteiger partial charge in [0.2, 0.25) is 0 Å². The second-order valence-electron chi connectivity index (χ2n) is 7.65. The first-order valence-corrected chi connectivity index (χ1v) is 10.6. The summed E-state index contributed by atoms with van der Waals surface area (Å²) in [5.74, 6) is 0.744. The van der Waals surface area contributed by atoms with Crippen LogP contribution in [-0.2, 0) is 11.3 Å². The van der Waals surface area contributed by atoms with Gasteiger partial charge in [-0.15, -0.1) is 0 Å². The minimum atomic E-state index is -0.113. The molecule has 158 valence electrons. The summed E-state index contributed by atoms with van der Waals surface area (Å²) in [6.45, 7) is 3.13. The van der Waals surface area contributed by atoms with Gasteiger partial charge < -0.3 is 9.30 Å². The van der Waals surface area contributed by atoms with Gasteiger partial charge in [-0.2, -0.15) is 10.1 Å². The predicted octanol–water partition coefficient (Wildman–Crippen LogP) is 5.53. The van der Waals surface area contributed by atoms with Gasteiger partial charge in [0.05, 0.1) is 23.5 Å². The van der Waals surface area contributed by atoms with E-state index in [-0.39, 0.29) is 5.91 Å². The van der Waals surface area contributed by atoms with Crippen molar-refractivity contribution < 1.29 is 9.53 Å². The fourth-order valence-corrected chi connectivity index (χ4v) is 3.94. The molecule has 0 saturated heterocycles.